The second kappa shape index (κ2) is 6.97. The smallest absolute Gasteiger partial charge is 0.193 e. The van der Waals surface area contributed by atoms with Crippen molar-refractivity contribution in [3.05, 3.63) is 22.4 Å². The molecule has 1 aromatic heterocycles. The second-order valence-electron chi connectivity index (χ2n) is 5.13. The van der Waals surface area contributed by atoms with Gasteiger partial charge in [-0.25, -0.2) is 0 Å². The van der Waals surface area contributed by atoms with E-state index < -0.39 is 0 Å². The number of rotatable bonds is 3. The highest BCUT2D eigenvalue weighted by Crippen LogP contribution is 2.29. The molecule has 2 atom stereocenters. The van der Waals surface area contributed by atoms with E-state index in [1.54, 1.807) is 0 Å². The van der Waals surface area contributed by atoms with Gasteiger partial charge in [0.25, 0.3) is 0 Å². The number of hydrogen-bond acceptors (Lipinski definition) is 1. The van der Waals surface area contributed by atoms with Gasteiger partial charge in [-0.15, -0.1) is 24.0 Å². The Bertz CT molecular complexity index is 457. The summed E-state index contributed by atoms with van der Waals surface area (Å²) in [4.78, 5) is 6.51. The van der Waals surface area contributed by atoms with Crippen LogP contribution in [0.5, 0.6) is 0 Å². The first-order valence-corrected chi connectivity index (χ1v) is 7.05. The molecule has 2 unspecified atom stereocenters. The number of aromatic nitrogens is 1. The third kappa shape index (κ3) is 4.37. The van der Waals surface area contributed by atoms with Crippen molar-refractivity contribution in [1.29, 1.82) is 0 Å². The Morgan fingerprint density at radius 2 is 2.26 bits per heavy atom. The van der Waals surface area contributed by atoms with Crippen LogP contribution in [0.1, 0.15) is 19.0 Å². The van der Waals surface area contributed by atoms with Gasteiger partial charge in [0.15, 0.2) is 5.96 Å². The van der Waals surface area contributed by atoms with Crippen molar-refractivity contribution in [1.82, 2.24) is 14.8 Å². The molecule has 1 aliphatic carbocycles. The van der Waals surface area contributed by atoms with Gasteiger partial charge in [0.2, 0.25) is 0 Å². The monoisotopic (exact) mass is 440 g/mol. The zero-order valence-corrected chi connectivity index (χ0v) is 15.8. The molecule has 0 amide bonds. The van der Waals surface area contributed by atoms with Crippen LogP contribution in [0.25, 0.3) is 0 Å². The zero-order valence-electron chi connectivity index (χ0n) is 11.9. The lowest BCUT2D eigenvalue weighted by molar-refractivity contribution is 0.460. The van der Waals surface area contributed by atoms with Gasteiger partial charge in [-0.2, -0.15) is 0 Å². The predicted molar refractivity (Wildman–Crippen MR) is 94.1 cm³/mol. The topological polar surface area (TPSA) is 32.6 Å². The van der Waals surface area contributed by atoms with Crippen LogP contribution in [0.15, 0.2) is 21.7 Å². The van der Waals surface area contributed by atoms with E-state index in [4.69, 9.17) is 0 Å². The van der Waals surface area contributed by atoms with E-state index in [2.05, 4.69) is 69.0 Å². The zero-order chi connectivity index (χ0) is 13.3. The molecule has 0 spiro atoms. The van der Waals surface area contributed by atoms with E-state index in [-0.39, 0.29) is 24.0 Å². The van der Waals surface area contributed by atoms with Gasteiger partial charge in [0, 0.05) is 43.5 Å². The highest BCUT2D eigenvalue weighted by atomic mass is 127. The molecule has 6 heteroatoms. The van der Waals surface area contributed by atoms with Gasteiger partial charge >= 0.3 is 0 Å². The Labute approximate surface area is 140 Å². The van der Waals surface area contributed by atoms with E-state index >= 15 is 0 Å². The number of nitrogens with one attached hydrogen (secondary N) is 1. The van der Waals surface area contributed by atoms with Crippen LogP contribution < -0.4 is 5.32 Å². The van der Waals surface area contributed by atoms with E-state index in [0.29, 0.717) is 6.04 Å². The van der Waals surface area contributed by atoms with E-state index in [9.17, 15) is 0 Å². The normalized spacial score (nSPS) is 21.8. The average Bonchev–Trinajstić information content (AvgIpc) is 2.90. The Hall–Kier alpha value is -0.240. The summed E-state index contributed by atoms with van der Waals surface area (Å²) in [6.07, 6.45) is 3.32. The number of aryl methyl sites for hydroxylation is 1. The van der Waals surface area contributed by atoms with Gasteiger partial charge in [-0.05, 0) is 34.3 Å². The lowest BCUT2D eigenvalue weighted by Crippen LogP contribution is -2.40. The quantitative estimate of drug-likeness (QED) is 0.445. The van der Waals surface area contributed by atoms with Crippen LogP contribution in [0.4, 0.5) is 0 Å². The number of guanidine groups is 1. The first-order valence-electron chi connectivity index (χ1n) is 6.26. The highest BCUT2D eigenvalue weighted by Gasteiger charge is 2.33. The third-order valence-electron chi connectivity index (χ3n) is 3.47. The second-order valence-corrected chi connectivity index (χ2v) is 6.04. The minimum Gasteiger partial charge on any atom is -0.353 e. The van der Waals surface area contributed by atoms with Crippen molar-refractivity contribution in [2.24, 2.45) is 18.0 Å². The van der Waals surface area contributed by atoms with Crippen molar-refractivity contribution in [2.75, 3.05) is 14.1 Å². The molecular formula is C13H22BrIN4. The van der Waals surface area contributed by atoms with Crippen LogP contribution in [-0.4, -0.2) is 35.6 Å². The largest absolute Gasteiger partial charge is 0.353 e. The maximum absolute atomic E-state index is 4.35. The van der Waals surface area contributed by atoms with Crippen LogP contribution >= 0.6 is 39.9 Å². The van der Waals surface area contributed by atoms with Gasteiger partial charge < -0.3 is 14.8 Å². The molecule has 19 heavy (non-hydrogen) atoms. The maximum Gasteiger partial charge on any atom is 0.193 e. The molecule has 1 saturated carbocycles. The Morgan fingerprint density at radius 3 is 2.68 bits per heavy atom. The summed E-state index contributed by atoms with van der Waals surface area (Å²) in [5, 5.41) is 3.49. The number of aliphatic imine (C=N–C) groups is 1. The summed E-state index contributed by atoms with van der Waals surface area (Å²) in [6.45, 7) is 3.11. The van der Waals surface area contributed by atoms with Crippen molar-refractivity contribution >= 4 is 45.9 Å². The number of nitrogens with zero attached hydrogens (tertiary/aromatic N) is 3. The molecule has 4 nitrogen and oxygen atoms in total. The molecule has 0 aliphatic heterocycles. The van der Waals surface area contributed by atoms with Crippen LogP contribution in [0.2, 0.25) is 0 Å². The van der Waals surface area contributed by atoms with Gasteiger partial charge in [0.05, 0.1) is 6.54 Å². The maximum atomic E-state index is 4.35. The number of hydrogen-bond donors (Lipinski definition) is 1. The van der Waals surface area contributed by atoms with Crippen LogP contribution in [-0.2, 0) is 13.6 Å². The summed E-state index contributed by atoms with van der Waals surface area (Å²) in [6, 6.07) is 2.75. The van der Waals surface area contributed by atoms with Gasteiger partial charge in [-0.1, -0.05) is 6.92 Å². The van der Waals surface area contributed by atoms with Gasteiger partial charge in [-0.3, -0.25) is 4.99 Å². The third-order valence-corrected chi connectivity index (χ3v) is 3.90. The van der Waals surface area contributed by atoms with Gasteiger partial charge in [0.1, 0.15) is 0 Å². The highest BCUT2D eigenvalue weighted by molar-refractivity contribution is 14.0. The summed E-state index contributed by atoms with van der Waals surface area (Å²) in [5.41, 5.74) is 1.26. The number of halogens is 2. The minimum absolute atomic E-state index is 0. The molecule has 1 aliphatic rings. The van der Waals surface area contributed by atoms with E-state index in [1.807, 2.05) is 7.05 Å². The van der Waals surface area contributed by atoms with Crippen molar-refractivity contribution in [2.45, 2.75) is 25.9 Å². The SMILES string of the molecule is CN=C(NC1CC1C)N(C)Cc1cc(Br)cn1C.I. The molecule has 0 bridgehead atoms. The molecule has 108 valence electrons. The standard InChI is InChI=1S/C13H21BrN4.HI/c1-9-5-12(9)16-13(15-2)18(4)8-11-6-10(14)7-17(11)3;/h6-7,9,12H,5,8H2,1-4H3,(H,15,16);1H. The lowest BCUT2D eigenvalue weighted by atomic mass is 10.4. The predicted octanol–water partition coefficient (Wildman–Crippen LogP) is 2.82. The fraction of sp³-hybridized carbons (Fsp3) is 0.615. The molecule has 2 rings (SSSR count). The van der Waals surface area contributed by atoms with Crippen molar-refractivity contribution < 1.29 is 0 Å². The molecule has 1 fully saturated rings. The molecule has 0 radical (unpaired) electrons. The fourth-order valence-corrected chi connectivity index (χ4v) is 2.65. The van der Waals surface area contributed by atoms with Crippen molar-refractivity contribution in [3.8, 4) is 0 Å². The van der Waals surface area contributed by atoms with Crippen LogP contribution in [0.3, 0.4) is 0 Å². The Morgan fingerprint density at radius 1 is 1.63 bits per heavy atom. The molecule has 1 heterocycles. The summed E-state index contributed by atoms with van der Waals surface area (Å²) < 4.78 is 3.25. The van der Waals surface area contributed by atoms with E-state index in [0.717, 1.165) is 22.9 Å². The van der Waals surface area contributed by atoms with Crippen molar-refractivity contribution in [3.63, 3.8) is 0 Å². The molecular weight excluding hydrogens is 419 g/mol. The molecule has 0 saturated heterocycles. The average molecular weight is 441 g/mol. The molecule has 0 aromatic carbocycles. The molecule has 1 aromatic rings. The lowest BCUT2D eigenvalue weighted by Gasteiger charge is -2.22. The van der Waals surface area contributed by atoms with Crippen LogP contribution in [0, 0.1) is 5.92 Å². The minimum atomic E-state index is 0. The Balaban J connectivity index is 0.00000180. The first kappa shape index (κ1) is 16.8. The summed E-state index contributed by atoms with van der Waals surface area (Å²) in [5.74, 6) is 1.75. The fourth-order valence-electron chi connectivity index (χ4n) is 2.08. The summed E-state index contributed by atoms with van der Waals surface area (Å²) in [7, 11) is 5.98. The Kier molecular flexibility index (Phi) is 6.16. The summed E-state index contributed by atoms with van der Waals surface area (Å²) >= 11 is 3.50. The van der Waals surface area contributed by atoms with E-state index in [1.165, 1.54) is 12.1 Å². The molecule has 1 N–H and O–H groups in total. The first-order chi connectivity index (χ1) is 8.51.